The van der Waals surface area contributed by atoms with Gasteiger partial charge in [0.2, 0.25) is 0 Å². The van der Waals surface area contributed by atoms with E-state index in [0.717, 1.165) is 5.69 Å². The van der Waals surface area contributed by atoms with E-state index in [9.17, 15) is 9.59 Å². The second kappa shape index (κ2) is 9.23. The first-order valence-electron chi connectivity index (χ1n) is 12.4. The van der Waals surface area contributed by atoms with Crippen LogP contribution >= 0.6 is 0 Å². The van der Waals surface area contributed by atoms with Crippen LogP contribution in [0, 0.1) is 0 Å². The van der Waals surface area contributed by atoms with Gasteiger partial charge < -0.3 is 23.8 Å². The molecule has 0 N–H and O–H groups in total. The number of aromatic nitrogens is 2. The van der Waals surface area contributed by atoms with Gasteiger partial charge in [-0.25, -0.2) is 9.78 Å². The molecule has 1 aromatic heterocycles. The van der Waals surface area contributed by atoms with Crippen LogP contribution in [0.4, 0.5) is 10.5 Å². The van der Waals surface area contributed by atoms with E-state index >= 15 is 0 Å². The lowest BCUT2D eigenvalue weighted by atomic mass is 9.90. The number of amides is 1. The van der Waals surface area contributed by atoms with Crippen LogP contribution in [0.2, 0.25) is 0 Å². The van der Waals surface area contributed by atoms with Crippen molar-refractivity contribution in [1.82, 2.24) is 14.5 Å². The summed E-state index contributed by atoms with van der Waals surface area (Å²) in [4.78, 5) is 34.2. The Bertz CT molecular complexity index is 1220. The van der Waals surface area contributed by atoms with Crippen molar-refractivity contribution in [2.24, 2.45) is 7.05 Å². The van der Waals surface area contributed by atoms with E-state index in [0.29, 0.717) is 42.9 Å². The van der Waals surface area contributed by atoms with Crippen molar-refractivity contribution in [2.45, 2.75) is 65.3 Å². The highest BCUT2D eigenvalue weighted by atomic mass is 16.7. The number of rotatable bonds is 3. The van der Waals surface area contributed by atoms with Crippen molar-refractivity contribution in [3.63, 3.8) is 0 Å². The third kappa shape index (κ3) is 5.29. The van der Waals surface area contributed by atoms with Crippen LogP contribution in [0.1, 0.15) is 54.3 Å². The Labute approximate surface area is 213 Å². The van der Waals surface area contributed by atoms with Crippen LogP contribution in [0.15, 0.2) is 29.0 Å². The number of nitrogens with zero attached hydrogens (tertiary/aromatic N) is 4. The molecule has 4 rings (SSSR count). The SMILES string of the molecule is Cn1c(C=CB2OC(C)(C)C(C)(C)O2)nc2ccc(N3CCN(C(=O)OC(C)(C)C)CC3)cc2c1=O. The van der Waals surface area contributed by atoms with Crippen molar-refractivity contribution in [3.05, 3.63) is 40.4 Å². The number of hydrogen-bond acceptors (Lipinski definition) is 7. The van der Waals surface area contributed by atoms with Gasteiger partial charge in [-0.1, -0.05) is 5.98 Å². The number of piperazine rings is 1. The van der Waals surface area contributed by atoms with Crippen LogP contribution in [0.25, 0.3) is 17.0 Å². The van der Waals surface area contributed by atoms with Gasteiger partial charge in [-0.15, -0.1) is 0 Å². The number of fused-ring (bicyclic) bond motifs is 1. The highest BCUT2D eigenvalue weighted by Crippen LogP contribution is 2.37. The minimum absolute atomic E-state index is 0.122. The lowest BCUT2D eigenvalue weighted by Crippen LogP contribution is -2.50. The predicted molar refractivity (Wildman–Crippen MR) is 142 cm³/mol. The van der Waals surface area contributed by atoms with Crippen molar-refractivity contribution in [3.8, 4) is 0 Å². The van der Waals surface area contributed by atoms with E-state index in [1.807, 2.05) is 66.7 Å². The first-order valence-corrected chi connectivity index (χ1v) is 12.4. The number of carbonyl (C=O) groups excluding carboxylic acids is 1. The molecule has 9 nitrogen and oxygen atoms in total. The topological polar surface area (TPSA) is 86.1 Å². The second-order valence-electron chi connectivity index (χ2n) is 11.5. The van der Waals surface area contributed by atoms with Crippen molar-refractivity contribution in [1.29, 1.82) is 0 Å². The zero-order chi connectivity index (χ0) is 26.5. The lowest BCUT2D eigenvalue weighted by molar-refractivity contribution is 0.00578. The molecular weight excluding hydrogens is 459 g/mol. The molecule has 0 saturated carbocycles. The van der Waals surface area contributed by atoms with Crippen molar-refractivity contribution >= 4 is 35.9 Å². The van der Waals surface area contributed by atoms with Gasteiger partial charge >= 0.3 is 13.2 Å². The summed E-state index contributed by atoms with van der Waals surface area (Å²) in [5.41, 5.74) is 0.0631. The number of hydrogen-bond donors (Lipinski definition) is 0. The predicted octanol–water partition coefficient (Wildman–Crippen LogP) is 3.64. The highest BCUT2D eigenvalue weighted by molar-refractivity contribution is 6.52. The molecular formula is C26H37BN4O5. The standard InChI is InChI=1S/C26H37BN4O5/c1-24(2,3)34-23(33)31-15-13-30(14-16-31)18-9-10-20-19(17-18)22(32)29(8)21(28-20)11-12-27-35-25(4,5)26(6,7)36-27/h9-12,17H,13-16H2,1-8H3. The molecule has 0 bridgehead atoms. The number of benzene rings is 1. The van der Waals surface area contributed by atoms with E-state index in [-0.39, 0.29) is 11.7 Å². The van der Waals surface area contributed by atoms with Gasteiger partial charge in [-0.05, 0) is 72.7 Å². The van der Waals surface area contributed by atoms with Crippen LogP contribution in [-0.2, 0) is 21.1 Å². The Morgan fingerprint density at radius 1 is 1.08 bits per heavy atom. The molecule has 1 aromatic carbocycles. The largest absolute Gasteiger partial charge is 0.487 e. The van der Waals surface area contributed by atoms with Gasteiger partial charge in [0, 0.05) is 38.9 Å². The van der Waals surface area contributed by atoms with Gasteiger partial charge in [0.05, 0.1) is 22.1 Å². The van der Waals surface area contributed by atoms with Gasteiger partial charge in [0.25, 0.3) is 5.56 Å². The van der Waals surface area contributed by atoms with Gasteiger partial charge in [0.1, 0.15) is 11.4 Å². The summed E-state index contributed by atoms with van der Waals surface area (Å²) in [6.45, 7) is 16.0. The second-order valence-corrected chi connectivity index (χ2v) is 11.5. The number of anilines is 1. The fourth-order valence-corrected chi connectivity index (χ4v) is 4.23. The summed E-state index contributed by atoms with van der Waals surface area (Å²) in [6, 6.07) is 5.73. The molecule has 2 aliphatic heterocycles. The summed E-state index contributed by atoms with van der Waals surface area (Å²) < 4.78 is 19.0. The molecule has 194 valence electrons. The Morgan fingerprint density at radius 2 is 1.69 bits per heavy atom. The molecule has 2 fully saturated rings. The molecule has 0 unspecified atom stereocenters. The molecule has 36 heavy (non-hydrogen) atoms. The molecule has 2 aliphatic rings. The van der Waals surface area contributed by atoms with E-state index in [2.05, 4.69) is 4.90 Å². The third-order valence-electron chi connectivity index (χ3n) is 7.06. The van der Waals surface area contributed by atoms with Gasteiger partial charge in [-0.2, -0.15) is 0 Å². The van der Waals surface area contributed by atoms with Crippen LogP contribution in [-0.4, -0.2) is 70.6 Å². The maximum absolute atomic E-state index is 13.2. The summed E-state index contributed by atoms with van der Waals surface area (Å²) in [5.74, 6) is 2.32. The van der Waals surface area contributed by atoms with E-state index in [1.165, 1.54) is 4.57 Å². The van der Waals surface area contributed by atoms with E-state index < -0.39 is 23.9 Å². The molecule has 1 amide bonds. The summed E-state index contributed by atoms with van der Waals surface area (Å²) >= 11 is 0. The highest BCUT2D eigenvalue weighted by Gasteiger charge is 2.50. The maximum Gasteiger partial charge on any atom is 0.487 e. The zero-order valence-electron chi connectivity index (χ0n) is 22.6. The monoisotopic (exact) mass is 496 g/mol. The minimum atomic E-state index is -0.516. The Balaban J connectivity index is 1.49. The molecule has 0 spiro atoms. The Kier molecular flexibility index (Phi) is 6.72. The summed E-state index contributed by atoms with van der Waals surface area (Å²) in [7, 11) is 1.20. The van der Waals surface area contributed by atoms with Crippen LogP contribution < -0.4 is 10.5 Å². The minimum Gasteiger partial charge on any atom is -0.444 e. The summed E-state index contributed by atoms with van der Waals surface area (Å²) in [6.07, 6.45) is 1.48. The molecule has 2 aromatic rings. The normalized spacial score (nSPS) is 19.9. The lowest BCUT2D eigenvalue weighted by Gasteiger charge is -2.36. The quantitative estimate of drug-likeness (QED) is 0.600. The summed E-state index contributed by atoms with van der Waals surface area (Å²) in [5, 5.41) is 0.553. The zero-order valence-corrected chi connectivity index (χ0v) is 22.6. The average Bonchev–Trinajstić information content (AvgIpc) is 3.00. The first kappa shape index (κ1) is 26.2. The fraction of sp³-hybridized carbons (Fsp3) is 0.577. The molecule has 0 atom stereocenters. The molecule has 0 radical (unpaired) electrons. The first-order chi connectivity index (χ1) is 16.7. The fourth-order valence-electron chi connectivity index (χ4n) is 4.23. The third-order valence-corrected chi connectivity index (χ3v) is 7.06. The van der Waals surface area contributed by atoms with Crippen molar-refractivity contribution in [2.75, 3.05) is 31.1 Å². The average molecular weight is 496 g/mol. The number of ether oxygens (including phenoxy) is 1. The van der Waals surface area contributed by atoms with Crippen LogP contribution in [0.3, 0.4) is 0 Å². The molecule has 3 heterocycles. The van der Waals surface area contributed by atoms with E-state index in [4.69, 9.17) is 19.0 Å². The van der Waals surface area contributed by atoms with Crippen molar-refractivity contribution < 1.29 is 18.8 Å². The van der Waals surface area contributed by atoms with Gasteiger partial charge in [0.15, 0.2) is 0 Å². The van der Waals surface area contributed by atoms with E-state index in [1.54, 1.807) is 24.0 Å². The Hall–Kier alpha value is -2.85. The van der Waals surface area contributed by atoms with Crippen LogP contribution in [0.5, 0.6) is 0 Å². The molecule has 10 heteroatoms. The Morgan fingerprint density at radius 3 is 2.28 bits per heavy atom. The number of carbonyl (C=O) groups is 1. The molecule has 2 saturated heterocycles. The maximum atomic E-state index is 13.2. The van der Waals surface area contributed by atoms with Gasteiger partial charge in [-0.3, -0.25) is 9.36 Å². The molecule has 0 aliphatic carbocycles. The smallest absolute Gasteiger partial charge is 0.444 e.